The molecule has 0 aliphatic rings. The van der Waals surface area contributed by atoms with Gasteiger partial charge in [0, 0.05) is 20.2 Å². The molecule has 0 aliphatic heterocycles. The van der Waals surface area contributed by atoms with Crippen LogP contribution in [0.15, 0.2) is 53.4 Å². The number of nitro groups is 1. The van der Waals surface area contributed by atoms with Crippen LogP contribution in [0.1, 0.15) is 16.8 Å². The van der Waals surface area contributed by atoms with E-state index >= 15 is 0 Å². The van der Waals surface area contributed by atoms with Crippen molar-refractivity contribution in [1.82, 2.24) is 0 Å². The molecule has 0 saturated heterocycles. The first kappa shape index (κ1) is 20.4. The Balaban J connectivity index is 1.96. The third-order valence-electron chi connectivity index (χ3n) is 3.78. The molecule has 0 aromatic heterocycles. The first-order valence-corrected chi connectivity index (χ1v) is 9.78. The third kappa shape index (κ3) is 5.27. The van der Waals surface area contributed by atoms with E-state index in [4.69, 9.17) is 4.74 Å². The molecule has 0 fully saturated rings. The van der Waals surface area contributed by atoms with Gasteiger partial charge < -0.3 is 9.64 Å². The Kier molecular flexibility index (Phi) is 6.51. The molecular formula is C18H20N2O6S. The predicted octanol–water partition coefficient (Wildman–Crippen LogP) is 2.68. The Bertz CT molecular complexity index is 926. The van der Waals surface area contributed by atoms with Crippen LogP contribution in [-0.4, -0.2) is 45.8 Å². The number of ether oxygens (including phenoxy) is 1. The summed E-state index contributed by atoms with van der Waals surface area (Å²) in [5.74, 6) is -0.898. The van der Waals surface area contributed by atoms with Crippen molar-refractivity contribution in [2.24, 2.45) is 0 Å². The zero-order chi connectivity index (χ0) is 20.0. The Morgan fingerprint density at radius 2 is 1.81 bits per heavy atom. The molecule has 0 N–H and O–H groups in total. The molecule has 2 aromatic carbocycles. The molecule has 2 aromatic rings. The van der Waals surface area contributed by atoms with Crippen LogP contribution in [0.4, 0.5) is 11.4 Å². The zero-order valence-corrected chi connectivity index (χ0v) is 15.8. The van der Waals surface area contributed by atoms with Crippen LogP contribution in [0.5, 0.6) is 0 Å². The van der Waals surface area contributed by atoms with Crippen LogP contribution in [-0.2, 0) is 14.6 Å². The van der Waals surface area contributed by atoms with Crippen molar-refractivity contribution in [3.05, 3.63) is 64.2 Å². The van der Waals surface area contributed by atoms with Gasteiger partial charge in [0.15, 0.2) is 9.84 Å². The van der Waals surface area contributed by atoms with Gasteiger partial charge in [-0.3, -0.25) is 10.1 Å². The zero-order valence-electron chi connectivity index (χ0n) is 15.0. The van der Waals surface area contributed by atoms with Crippen molar-refractivity contribution < 1.29 is 22.9 Å². The van der Waals surface area contributed by atoms with E-state index in [1.807, 2.05) is 0 Å². The van der Waals surface area contributed by atoms with Crippen molar-refractivity contribution in [2.45, 2.75) is 11.3 Å². The largest absolute Gasteiger partial charge is 0.462 e. The molecule has 0 amide bonds. The van der Waals surface area contributed by atoms with Gasteiger partial charge in [0.25, 0.3) is 5.69 Å². The molecule has 0 radical (unpaired) electrons. The van der Waals surface area contributed by atoms with E-state index in [2.05, 4.69) is 0 Å². The van der Waals surface area contributed by atoms with E-state index in [0.717, 1.165) is 6.07 Å². The van der Waals surface area contributed by atoms with Gasteiger partial charge in [-0.2, -0.15) is 0 Å². The first-order valence-electron chi connectivity index (χ1n) is 8.13. The van der Waals surface area contributed by atoms with E-state index in [1.54, 1.807) is 37.2 Å². The summed E-state index contributed by atoms with van der Waals surface area (Å²) in [5, 5.41) is 11.2. The van der Waals surface area contributed by atoms with Crippen LogP contribution in [0.25, 0.3) is 0 Å². The Morgan fingerprint density at radius 3 is 2.41 bits per heavy atom. The lowest BCUT2D eigenvalue weighted by Crippen LogP contribution is -2.14. The van der Waals surface area contributed by atoms with Gasteiger partial charge in [0.2, 0.25) is 0 Å². The number of esters is 1. The van der Waals surface area contributed by atoms with Gasteiger partial charge in [-0.1, -0.05) is 18.2 Å². The van der Waals surface area contributed by atoms with Gasteiger partial charge >= 0.3 is 5.97 Å². The molecule has 0 bridgehead atoms. The molecular weight excluding hydrogens is 372 g/mol. The summed E-state index contributed by atoms with van der Waals surface area (Å²) in [5.41, 5.74) is 0.199. The highest BCUT2D eigenvalue weighted by Gasteiger charge is 2.20. The summed E-state index contributed by atoms with van der Waals surface area (Å²) in [6, 6.07) is 12.1. The molecule has 0 spiro atoms. The van der Waals surface area contributed by atoms with Crippen molar-refractivity contribution in [1.29, 1.82) is 0 Å². The lowest BCUT2D eigenvalue weighted by Gasteiger charge is -2.13. The average molecular weight is 392 g/mol. The summed E-state index contributed by atoms with van der Waals surface area (Å²) < 4.78 is 29.4. The fourth-order valence-corrected chi connectivity index (χ4v) is 3.72. The van der Waals surface area contributed by atoms with Crippen LogP contribution < -0.4 is 4.90 Å². The molecule has 0 atom stereocenters. The summed E-state index contributed by atoms with van der Waals surface area (Å²) in [6.07, 6.45) is 0.126. The smallest absolute Gasteiger partial charge is 0.338 e. The van der Waals surface area contributed by atoms with Gasteiger partial charge in [-0.05, 0) is 30.7 Å². The number of nitrogens with zero attached hydrogens (tertiary/aromatic N) is 2. The van der Waals surface area contributed by atoms with Gasteiger partial charge in [0.05, 0.1) is 27.7 Å². The summed E-state index contributed by atoms with van der Waals surface area (Å²) in [6.45, 7) is -0.103. The van der Waals surface area contributed by atoms with Crippen molar-refractivity contribution in [3.8, 4) is 0 Å². The van der Waals surface area contributed by atoms with E-state index in [9.17, 15) is 23.3 Å². The topological polar surface area (TPSA) is 107 Å². The molecule has 9 heteroatoms. The highest BCUT2D eigenvalue weighted by atomic mass is 32.2. The standard InChI is InChI=1S/C18H20N2O6S/c1-19(2)16-10-9-14(13-17(16)20(22)23)18(21)26-11-6-12-27(24,25)15-7-4-3-5-8-15/h3-5,7-10,13H,6,11-12H2,1-2H3. The average Bonchev–Trinajstić information content (AvgIpc) is 2.65. The second-order valence-electron chi connectivity index (χ2n) is 5.98. The molecule has 8 nitrogen and oxygen atoms in total. The number of hydrogen-bond acceptors (Lipinski definition) is 7. The molecule has 0 saturated carbocycles. The number of hydrogen-bond donors (Lipinski definition) is 0. The quantitative estimate of drug-likeness (QED) is 0.294. The number of nitro benzene ring substituents is 1. The van der Waals surface area contributed by atoms with E-state index in [0.29, 0.717) is 5.69 Å². The molecule has 27 heavy (non-hydrogen) atoms. The lowest BCUT2D eigenvalue weighted by atomic mass is 10.1. The van der Waals surface area contributed by atoms with Gasteiger partial charge in [-0.15, -0.1) is 0 Å². The lowest BCUT2D eigenvalue weighted by molar-refractivity contribution is -0.384. The molecule has 144 valence electrons. The van der Waals surface area contributed by atoms with E-state index in [1.165, 1.54) is 24.3 Å². The second-order valence-corrected chi connectivity index (χ2v) is 8.09. The number of sulfone groups is 1. The number of carbonyl (C=O) groups is 1. The molecule has 2 rings (SSSR count). The normalized spacial score (nSPS) is 11.0. The van der Waals surface area contributed by atoms with Crippen molar-refractivity contribution in [3.63, 3.8) is 0 Å². The predicted molar refractivity (Wildman–Crippen MR) is 101 cm³/mol. The van der Waals surface area contributed by atoms with E-state index < -0.39 is 20.7 Å². The first-order chi connectivity index (χ1) is 12.7. The maximum atomic E-state index is 12.1. The second kappa shape index (κ2) is 8.63. The molecule has 0 unspecified atom stereocenters. The Labute approximate surface area is 157 Å². The maximum absolute atomic E-state index is 12.1. The van der Waals surface area contributed by atoms with E-state index in [-0.39, 0.29) is 34.9 Å². The maximum Gasteiger partial charge on any atom is 0.338 e. The number of benzene rings is 2. The van der Waals surface area contributed by atoms with Crippen molar-refractivity contribution in [2.75, 3.05) is 31.4 Å². The third-order valence-corrected chi connectivity index (χ3v) is 5.60. The van der Waals surface area contributed by atoms with Crippen LogP contribution in [0.3, 0.4) is 0 Å². The number of rotatable bonds is 8. The minimum absolute atomic E-state index is 0.0400. The SMILES string of the molecule is CN(C)c1ccc(C(=O)OCCCS(=O)(=O)c2ccccc2)cc1[N+](=O)[O-]. The minimum atomic E-state index is -3.44. The van der Waals surface area contributed by atoms with Crippen LogP contribution in [0.2, 0.25) is 0 Å². The fourth-order valence-electron chi connectivity index (χ4n) is 2.42. The Hall–Kier alpha value is -2.94. The van der Waals surface area contributed by atoms with Crippen LogP contribution >= 0.6 is 0 Å². The molecule has 0 heterocycles. The Morgan fingerprint density at radius 1 is 1.15 bits per heavy atom. The number of anilines is 1. The fraction of sp³-hybridized carbons (Fsp3) is 0.278. The van der Waals surface area contributed by atoms with Crippen LogP contribution in [0, 0.1) is 10.1 Å². The summed E-state index contributed by atoms with van der Waals surface area (Å²) >= 11 is 0. The monoisotopic (exact) mass is 392 g/mol. The highest BCUT2D eigenvalue weighted by molar-refractivity contribution is 7.91. The minimum Gasteiger partial charge on any atom is -0.462 e. The number of carbonyl (C=O) groups excluding carboxylic acids is 1. The highest BCUT2D eigenvalue weighted by Crippen LogP contribution is 2.28. The summed E-state index contributed by atoms with van der Waals surface area (Å²) in [7, 11) is -0.122. The van der Waals surface area contributed by atoms with Gasteiger partial charge in [-0.25, -0.2) is 13.2 Å². The van der Waals surface area contributed by atoms with Gasteiger partial charge in [0.1, 0.15) is 5.69 Å². The summed E-state index contributed by atoms with van der Waals surface area (Å²) in [4.78, 5) is 24.5. The molecule has 0 aliphatic carbocycles. The van der Waals surface area contributed by atoms with Crippen molar-refractivity contribution >= 4 is 27.2 Å².